The zero-order valence-electron chi connectivity index (χ0n) is 21.1. The number of carbonyl (C=O) groups excluding carboxylic acids is 2. The second-order valence-electron chi connectivity index (χ2n) is 10.6. The van der Waals surface area contributed by atoms with Gasteiger partial charge in [-0.05, 0) is 63.3 Å². The summed E-state index contributed by atoms with van der Waals surface area (Å²) in [5, 5.41) is 2.29. The molecular formula is C28H30F5NO3. The van der Waals surface area contributed by atoms with Crippen molar-refractivity contribution in [2.75, 3.05) is 5.32 Å². The third kappa shape index (κ3) is 6.96. The van der Waals surface area contributed by atoms with Crippen LogP contribution in [0.25, 0.3) is 5.83 Å². The summed E-state index contributed by atoms with van der Waals surface area (Å²) in [7, 11) is 0. The number of halogens is 5. The third-order valence-electron chi connectivity index (χ3n) is 6.40. The minimum atomic E-state index is -4.73. The van der Waals surface area contributed by atoms with Gasteiger partial charge in [0.15, 0.2) is 0 Å². The van der Waals surface area contributed by atoms with Crippen molar-refractivity contribution in [3.63, 3.8) is 0 Å². The van der Waals surface area contributed by atoms with Crippen LogP contribution in [0.3, 0.4) is 0 Å². The average molecular weight is 524 g/mol. The highest BCUT2D eigenvalue weighted by Crippen LogP contribution is 2.50. The molecule has 200 valence electrons. The van der Waals surface area contributed by atoms with E-state index in [0.717, 1.165) is 13.0 Å². The molecule has 3 rings (SSSR count). The molecule has 1 amide bonds. The van der Waals surface area contributed by atoms with Crippen LogP contribution in [0.5, 0.6) is 0 Å². The molecule has 0 saturated heterocycles. The lowest BCUT2D eigenvalue weighted by molar-refractivity contribution is -0.178. The Balaban J connectivity index is 1.86. The van der Waals surface area contributed by atoms with E-state index in [0.29, 0.717) is 18.4 Å². The van der Waals surface area contributed by atoms with Gasteiger partial charge in [0.05, 0.1) is 22.9 Å². The first-order valence-corrected chi connectivity index (χ1v) is 11.9. The highest BCUT2D eigenvalue weighted by atomic mass is 19.4. The number of esters is 1. The topological polar surface area (TPSA) is 55.4 Å². The molecule has 2 aromatic carbocycles. The van der Waals surface area contributed by atoms with E-state index in [1.807, 2.05) is 0 Å². The molecule has 0 heterocycles. The van der Waals surface area contributed by atoms with E-state index < -0.39 is 46.6 Å². The van der Waals surface area contributed by atoms with Crippen molar-refractivity contribution in [1.82, 2.24) is 0 Å². The van der Waals surface area contributed by atoms with E-state index in [1.54, 1.807) is 20.8 Å². The van der Waals surface area contributed by atoms with Crippen LogP contribution in [-0.2, 0) is 20.7 Å². The lowest BCUT2D eigenvalue weighted by atomic mass is 9.85. The molecule has 37 heavy (non-hydrogen) atoms. The van der Waals surface area contributed by atoms with Gasteiger partial charge in [-0.3, -0.25) is 9.59 Å². The molecule has 1 aliphatic rings. The van der Waals surface area contributed by atoms with E-state index in [9.17, 15) is 31.5 Å². The van der Waals surface area contributed by atoms with Gasteiger partial charge >= 0.3 is 12.1 Å². The molecule has 1 saturated carbocycles. The first kappa shape index (κ1) is 28.3. The zero-order chi connectivity index (χ0) is 27.8. The maximum atomic E-state index is 14.6. The fourth-order valence-electron chi connectivity index (χ4n) is 4.10. The van der Waals surface area contributed by atoms with E-state index >= 15 is 0 Å². The van der Waals surface area contributed by atoms with Crippen molar-refractivity contribution in [2.45, 2.75) is 64.7 Å². The second-order valence-corrected chi connectivity index (χ2v) is 10.6. The van der Waals surface area contributed by atoms with Gasteiger partial charge < -0.3 is 10.1 Å². The van der Waals surface area contributed by atoms with Gasteiger partial charge in [-0.2, -0.15) is 13.2 Å². The summed E-state index contributed by atoms with van der Waals surface area (Å²) >= 11 is 0. The fraction of sp³-hybridized carbons (Fsp3) is 0.429. The van der Waals surface area contributed by atoms with Crippen LogP contribution in [0.15, 0.2) is 49.0 Å². The number of benzene rings is 2. The molecule has 0 bridgehead atoms. The molecule has 0 radical (unpaired) electrons. The van der Waals surface area contributed by atoms with E-state index in [4.69, 9.17) is 4.74 Å². The minimum Gasteiger partial charge on any atom is -0.460 e. The van der Waals surface area contributed by atoms with Crippen molar-refractivity contribution in [3.05, 3.63) is 71.6 Å². The highest BCUT2D eigenvalue weighted by molar-refractivity contribution is 5.96. The van der Waals surface area contributed by atoms with Crippen LogP contribution in [-0.4, -0.2) is 23.7 Å². The monoisotopic (exact) mass is 523 g/mol. The van der Waals surface area contributed by atoms with Gasteiger partial charge in [0.2, 0.25) is 5.91 Å². The van der Waals surface area contributed by atoms with Crippen LogP contribution in [0, 0.1) is 17.2 Å². The summed E-state index contributed by atoms with van der Waals surface area (Å²) in [4.78, 5) is 25.8. The Bertz CT molecular complexity index is 1180. The molecule has 2 atom stereocenters. The molecule has 2 aromatic rings. The van der Waals surface area contributed by atoms with Crippen LogP contribution in [0.4, 0.5) is 27.6 Å². The van der Waals surface area contributed by atoms with Crippen LogP contribution in [0.1, 0.15) is 63.1 Å². The van der Waals surface area contributed by atoms with Crippen molar-refractivity contribution < 1.29 is 36.3 Å². The van der Waals surface area contributed by atoms with Gasteiger partial charge in [-0.25, -0.2) is 8.78 Å². The molecule has 9 heteroatoms. The molecule has 1 fully saturated rings. The molecule has 4 nitrogen and oxygen atoms in total. The number of rotatable bonds is 8. The Labute approximate surface area is 212 Å². The molecule has 0 spiro atoms. The molecule has 0 aliphatic heterocycles. The maximum Gasteiger partial charge on any atom is 0.392 e. The standard InChI is InChI=1S/C28H30F5NO3/c1-16(28(31,32)33)23(20-9-7-19(8-10-20)17(2)29)24(35)34-22-14-18(6-11-21(22)30)15-27(12-13-27)25(36)37-26(3,4)5/h6-11,14,16,23H,2,12-13,15H2,1,3-5H3,(H,34,35)/t16-,23+/m1/s1. The van der Waals surface area contributed by atoms with Gasteiger partial charge in [0, 0.05) is 5.56 Å². The quantitative estimate of drug-likeness (QED) is 0.291. The average Bonchev–Trinajstić information content (AvgIpc) is 3.55. The highest BCUT2D eigenvalue weighted by Gasteiger charge is 2.52. The Kier molecular flexibility index (Phi) is 7.86. The van der Waals surface area contributed by atoms with Gasteiger partial charge in [0.1, 0.15) is 17.2 Å². The smallest absolute Gasteiger partial charge is 0.392 e. The Morgan fingerprint density at radius 2 is 1.68 bits per heavy atom. The summed E-state index contributed by atoms with van der Waals surface area (Å²) < 4.78 is 74.4. The summed E-state index contributed by atoms with van der Waals surface area (Å²) in [6, 6.07) is 8.78. The first-order valence-electron chi connectivity index (χ1n) is 11.9. The van der Waals surface area contributed by atoms with Crippen molar-refractivity contribution >= 4 is 23.4 Å². The SMILES string of the molecule is C=C(F)c1ccc([C@@H](C(=O)Nc2cc(CC3(C(=O)OC(C)(C)C)CC3)ccc2F)[C@@H](C)C(F)(F)F)cc1. The van der Waals surface area contributed by atoms with Crippen molar-refractivity contribution in [3.8, 4) is 0 Å². The number of anilines is 1. The predicted molar refractivity (Wildman–Crippen MR) is 131 cm³/mol. The van der Waals surface area contributed by atoms with Gasteiger partial charge in [-0.15, -0.1) is 0 Å². The number of hydrogen-bond donors (Lipinski definition) is 1. The van der Waals surface area contributed by atoms with E-state index in [2.05, 4.69) is 11.9 Å². The summed E-state index contributed by atoms with van der Waals surface area (Å²) in [5.41, 5.74) is -1.12. The number of hydrogen-bond acceptors (Lipinski definition) is 3. The normalized spacial score (nSPS) is 16.5. The Morgan fingerprint density at radius 1 is 1.08 bits per heavy atom. The third-order valence-corrected chi connectivity index (χ3v) is 6.40. The lowest BCUT2D eigenvalue weighted by Gasteiger charge is -2.26. The number of alkyl halides is 3. The zero-order valence-corrected chi connectivity index (χ0v) is 21.1. The number of amides is 1. The number of ether oxygens (including phenoxy) is 1. The van der Waals surface area contributed by atoms with Crippen LogP contribution < -0.4 is 5.32 Å². The largest absolute Gasteiger partial charge is 0.460 e. The molecular weight excluding hydrogens is 493 g/mol. The molecule has 0 aromatic heterocycles. The molecule has 1 aliphatic carbocycles. The van der Waals surface area contributed by atoms with Crippen molar-refractivity contribution in [2.24, 2.45) is 11.3 Å². The van der Waals surface area contributed by atoms with Crippen molar-refractivity contribution in [1.29, 1.82) is 0 Å². The lowest BCUT2D eigenvalue weighted by Crippen LogP contribution is -2.34. The summed E-state index contributed by atoms with van der Waals surface area (Å²) in [6.07, 6.45) is -3.31. The number of carbonyl (C=O) groups is 2. The van der Waals surface area contributed by atoms with E-state index in [1.165, 1.54) is 36.4 Å². The molecule has 0 unspecified atom stereocenters. The summed E-state index contributed by atoms with van der Waals surface area (Å²) in [6.45, 7) is 9.27. The second kappa shape index (κ2) is 10.3. The van der Waals surface area contributed by atoms with Crippen LogP contribution >= 0.6 is 0 Å². The van der Waals surface area contributed by atoms with Gasteiger partial charge in [-0.1, -0.05) is 43.8 Å². The predicted octanol–water partition coefficient (Wildman–Crippen LogP) is 7.35. The van der Waals surface area contributed by atoms with E-state index in [-0.39, 0.29) is 29.2 Å². The summed E-state index contributed by atoms with van der Waals surface area (Å²) in [5.74, 6) is -6.87. The van der Waals surface area contributed by atoms with Gasteiger partial charge in [0.25, 0.3) is 0 Å². The Morgan fingerprint density at radius 3 is 2.16 bits per heavy atom. The number of nitrogens with one attached hydrogen (secondary N) is 1. The molecule has 1 N–H and O–H groups in total. The first-order chi connectivity index (χ1) is 17.0. The Hall–Kier alpha value is -3.23. The maximum absolute atomic E-state index is 14.6. The fourth-order valence-corrected chi connectivity index (χ4v) is 4.10. The minimum absolute atomic E-state index is 0.00857. The van der Waals surface area contributed by atoms with Crippen LogP contribution in [0.2, 0.25) is 0 Å².